The van der Waals surface area contributed by atoms with E-state index >= 15 is 0 Å². The molecule has 6 heteroatoms. The molecular weight excluding hydrogens is 308 g/mol. The van der Waals surface area contributed by atoms with Gasteiger partial charge in [0.15, 0.2) is 0 Å². The number of carbonyl (C=O) groups is 2. The lowest BCUT2D eigenvalue weighted by Gasteiger charge is -2.18. The van der Waals surface area contributed by atoms with Crippen molar-refractivity contribution in [3.05, 3.63) is 29.8 Å². The van der Waals surface area contributed by atoms with E-state index in [4.69, 9.17) is 9.84 Å². The molecule has 1 fully saturated rings. The van der Waals surface area contributed by atoms with Gasteiger partial charge in [-0.2, -0.15) is 0 Å². The number of likely N-dealkylation sites (tertiary alicyclic amines) is 1. The van der Waals surface area contributed by atoms with E-state index in [1.165, 1.54) is 0 Å². The molecule has 1 heterocycles. The van der Waals surface area contributed by atoms with Crippen LogP contribution in [-0.2, 0) is 16.0 Å². The maximum absolute atomic E-state index is 11.9. The van der Waals surface area contributed by atoms with E-state index < -0.39 is 11.9 Å². The Hall–Kier alpha value is -2.08. The van der Waals surface area contributed by atoms with E-state index in [0.717, 1.165) is 24.3 Å². The molecule has 1 N–H and O–H groups in total. The van der Waals surface area contributed by atoms with Gasteiger partial charge < -0.3 is 19.6 Å². The Morgan fingerprint density at radius 1 is 1.38 bits per heavy atom. The second kappa shape index (κ2) is 8.68. The van der Waals surface area contributed by atoms with Gasteiger partial charge >= 0.3 is 5.97 Å². The molecule has 1 unspecified atom stereocenters. The van der Waals surface area contributed by atoms with Crippen molar-refractivity contribution in [2.24, 2.45) is 5.92 Å². The lowest BCUT2D eigenvalue weighted by Crippen LogP contribution is -2.28. The molecule has 1 aliphatic rings. The summed E-state index contributed by atoms with van der Waals surface area (Å²) in [4.78, 5) is 26.7. The van der Waals surface area contributed by atoms with Gasteiger partial charge in [-0.1, -0.05) is 18.2 Å². The van der Waals surface area contributed by atoms with Crippen molar-refractivity contribution >= 4 is 11.9 Å². The van der Waals surface area contributed by atoms with Crippen molar-refractivity contribution < 1.29 is 19.4 Å². The van der Waals surface area contributed by atoms with Crippen molar-refractivity contribution in [3.8, 4) is 5.75 Å². The number of carbonyl (C=O) groups excluding carboxylic acids is 1. The van der Waals surface area contributed by atoms with Gasteiger partial charge in [0, 0.05) is 26.1 Å². The summed E-state index contributed by atoms with van der Waals surface area (Å²) < 4.78 is 5.86. The molecule has 6 nitrogen and oxygen atoms in total. The third-order valence-electron chi connectivity index (χ3n) is 4.19. The lowest BCUT2D eigenvalue weighted by atomic mass is 10.1. The fraction of sp³-hybridized carbons (Fsp3) is 0.556. The number of amides is 1. The lowest BCUT2D eigenvalue weighted by molar-refractivity contribution is -0.141. The zero-order valence-corrected chi connectivity index (χ0v) is 14.4. The Morgan fingerprint density at radius 2 is 2.12 bits per heavy atom. The highest BCUT2D eigenvalue weighted by atomic mass is 16.5. The highest BCUT2D eigenvalue weighted by Gasteiger charge is 2.33. The van der Waals surface area contributed by atoms with Crippen LogP contribution in [0.25, 0.3) is 0 Å². The number of carboxylic acids is 1. The van der Waals surface area contributed by atoms with Crippen LogP contribution in [0.3, 0.4) is 0 Å². The third kappa shape index (κ3) is 5.23. The first-order valence-electron chi connectivity index (χ1n) is 8.33. The molecule has 1 saturated heterocycles. The zero-order valence-electron chi connectivity index (χ0n) is 14.4. The number of para-hydroxylation sites is 1. The third-order valence-corrected chi connectivity index (χ3v) is 4.19. The van der Waals surface area contributed by atoms with E-state index in [1.54, 1.807) is 4.90 Å². The van der Waals surface area contributed by atoms with Gasteiger partial charge in [0.1, 0.15) is 5.75 Å². The van der Waals surface area contributed by atoms with Gasteiger partial charge in [0.25, 0.3) is 0 Å². The minimum atomic E-state index is -0.893. The Morgan fingerprint density at radius 3 is 2.79 bits per heavy atom. The topological polar surface area (TPSA) is 70.1 Å². The zero-order chi connectivity index (χ0) is 17.5. The van der Waals surface area contributed by atoms with Gasteiger partial charge in [-0.3, -0.25) is 9.59 Å². The molecule has 0 aromatic heterocycles. The van der Waals surface area contributed by atoms with Gasteiger partial charge in [-0.15, -0.1) is 0 Å². The van der Waals surface area contributed by atoms with Gasteiger partial charge in [-0.05, 0) is 38.6 Å². The maximum atomic E-state index is 11.9. The summed E-state index contributed by atoms with van der Waals surface area (Å²) in [7, 11) is 4.07. The van der Waals surface area contributed by atoms with Crippen LogP contribution < -0.4 is 4.74 Å². The van der Waals surface area contributed by atoms with Gasteiger partial charge in [-0.25, -0.2) is 0 Å². The quantitative estimate of drug-likeness (QED) is 0.693. The van der Waals surface area contributed by atoms with E-state index in [2.05, 4.69) is 4.90 Å². The molecule has 24 heavy (non-hydrogen) atoms. The summed E-state index contributed by atoms with van der Waals surface area (Å²) >= 11 is 0. The number of hydrogen-bond acceptors (Lipinski definition) is 4. The van der Waals surface area contributed by atoms with Crippen LogP contribution in [0.2, 0.25) is 0 Å². The molecule has 0 aliphatic carbocycles. The normalized spacial score (nSPS) is 17.5. The Balaban J connectivity index is 1.86. The number of aliphatic carboxylic acids is 1. The molecule has 1 atom stereocenters. The largest absolute Gasteiger partial charge is 0.493 e. The van der Waals surface area contributed by atoms with Crippen molar-refractivity contribution in [2.75, 3.05) is 40.3 Å². The average Bonchev–Trinajstić information content (AvgIpc) is 2.91. The average molecular weight is 334 g/mol. The van der Waals surface area contributed by atoms with E-state index in [9.17, 15) is 9.59 Å². The molecule has 0 radical (unpaired) electrons. The first-order valence-corrected chi connectivity index (χ1v) is 8.33. The Kier molecular flexibility index (Phi) is 6.61. The fourth-order valence-corrected chi connectivity index (χ4v) is 2.82. The predicted octanol–water partition coefficient (Wildman–Crippen LogP) is 1.49. The van der Waals surface area contributed by atoms with Crippen LogP contribution in [0.5, 0.6) is 5.75 Å². The highest BCUT2D eigenvalue weighted by Crippen LogP contribution is 2.22. The summed E-state index contributed by atoms with van der Waals surface area (Å²) in [5, 5.41) is 9.04. The van der Waals surface area contributed by atoms with Crippen LogP contribution in [-0.4, -0.2) is 67.1 Å². The number of carboxylic acid groups (broad SMARTS) is 1. The Labute approximate surface area is 143 Å². The van der Waals surface area contributed by atoms with E-state index in [-0.39, 0.29) is 12.3 Å². The van der Waals surface area contributed by atoms with E-state index in [0.29, 0.717) is 26.1 Å². The minimum Gasteiger partial charge on any atom is -0.493 e. The number of ether oxygens (including phenoxy) is 1. The molecule has 0 bridgehead atoms. The smallest absolute Gasteiger partial charge is 0.308 e. The van der Waals surface area contributed by atoms with Crippen LogP contribution in [0.15, 0.2) is 24.3 Å². The molecule has 1 aromatic rings. The highest BCUT2D eigenvalue weighted by molar-refractivity contribution is 5.86. The minimum absolute atomic E-state index is 0.0771. The summed E-state index contributed by atoms with van der Waals surface area (Å²) in [6, 6.07) is 7.83. The number of rotatable bonds is 9. The second-order valence-electron chi connectivity index (χ2n) is 6.44. The summed E-state index contributed by atoms with van der Waals surface area (Å²) in [6.45, 7) is 2.46. The summed E-state index contributed by atoms with van der Waals surface area (Å²) in [5.74, 6) is -0.699. The monoisotopic (exact) mass is 334 g/mol. The van der Waals surface area contributed by atoms with Crippen LogP contribution in [0.1, 0.15) is 18.4 Å². The number of hydrogen-bond donors (Lipinski definition) is 1. The molecule has 1 aromatic carbocycles. The first-order chi connectivity index (χ1) is 11.5. The van der Waals surface area contributed by atoms with Crippen LogP contribution in [0.4, 0.5) is 0 Å². The molecular formula is C18H26N2O4. The predicted molar refractivity (Wildman–Crippen MR) is 91.1 cm³/mol. The molecule has 1 amide bonds. The number of nitrogens with zero attached hydrogens (tertiary/aromatic N) is 2. The summed E-state index contributed by atoms with van der Waals surface area (Å²) in [5.41, 5.74) is 1.05. The molecule has 2 rings (SSSR count). The van der Waals surface area contributed by atoms with Crippen molar-refractivity contribution in [1.29, 1.82) is 0 Å². The van der Waals surface area contributed by atoms with Crippen molar-refractivity contribution in [3.63, 3.8) is 0 Å². The first kappa shape index (κ1) is 18.3. The van der Waals surface area contributed by atoms with Crippen LogP contribution in [0, 0.1) is 5.92 Å². The summed E-state index contributed by atoms with van der Waals surface area (Å²) in [6.07, 6.45) is 1.73. The maximum Gasteiger partial charge on any atom is 0.308 e. The standard InChI is InChI=1S/C18H26N2O4/c1-19(2)9-5-11-24-16-7-4-3-6-14(16)8-10-20-13-15(18(22)23)12-17(20)21/h3-4,6-7,15H,5,8-13H2,1-2H3,(H,22,23). The van der Waals surface area contributed by atoms with E-state index in [1.807, 2.05) is 38.4 Å². The molecule has 0 saturated carbocycles. The van der Waals surface area contributed by atoms with Crippen molar-refractivity contribution in [2.45, 2.75) is 19.3 Å². The molecule has 132 valence electrons. The van der Waals surface area contributed by atoms with Gasteiger partial charge in [0.2, 0.25) is 5.91 Å². The van der Waals surface area contributed by atoms with Gasteiger partial charge in [0.05, 0.1) is 12.5 Å². The fourth-order valence-electron chi connectivity index (χ4n) is 2.82. The Bertz CT molecular complexity index is 574. The number of benzene rings is 1. The van der Waals surface area contributed by atoms with Crippen molar-refractivity contribution in [1.82, 2.24) is 9.80 Å². The molecule has 1 aliphatic heterocycles. The SMILES string of the molecule is CN(C)CCCOc1ccccc1CCN1CC(C(=O)O)CC1=O. The van der Waals surface area contributed by atoms with Crippen LogP contribution >= 0.6 is 0 Å². The second-order valence-corrected chi connectivity index (χ2v) is 6.44. The molecule has 0 spiro atoms.